The topological polar surface area (TPSA) is 60.0 Å². The van der Waals surface area contributed by atoms with Gasteiger partial charge < -0.3 is 11.0 Å². The van der Waals surface area contributed by atoms with Gasteiger partial charge in [-0.2, -0.15) is 0 Å². The zero-order valence-corrected chi connectivity index (χ0v) is 11.2. The zero-order chi connectivity index (χ0) is 7.71. The van der Waals surface area contributed by atoms with Crippen molar-refractivity contribution in [1.29, 1.82) is 0 Å². The van der Waals surface area contributed by atoms with Gasteiger partial charge in [0.05, 0.1) is 0 Å². The van der Waals surface area contributed by atoms with E-state index in [0.717, 1.165) is 0 Å². The summed E-state index contributed by atoms with van der Waals surface area (Å²) < 4.78 is 1.31. The molecule has 0 rings (SSSR count). The molecule has 0 aliphatic rings. The second kappa shape index (κ2) is 5.38. The van der Waals surface area contributed by atoms with Crippen molar-refractivity contribution >= 4 is 21.1 Å². The van der Waals surface area contributed by atoms with Crippen LogP contribution in [0.25, 0.3) is 0 Å². The second-order valence-electron chi connectivity index (χ2n) is 4.62. The van der Waals surface area contributed by atoms with E-state index >= 15 is 0 Å². The molecular weight excluding hydrogens is 247 g/mol. The van der Waals surface area contributed by atoms with Crippen molar-refractivity contribution in [2.24, 2.45) is 0 Å². The van der Waals surface area contributed by atoms with Crippen LogP contribution in [0, 0.1) is 0 Å². The van der Waals surface area contributed by atoms with Gasteiger partial charge in [0, 0.05) is 0 Å². The van der Waals surface area contributed by atoms with Gasteiger partial charge in [-0.05, 0) is 0 Å². The monoisotopic (exact) mass is 268 g/mol. The van der Waals surface area contributed by atoms with Crippen LogP contribution in [0.5, 0.6) is 0 Å². The average molecular weight is 267 g/mol. The summed E-state index contributed by atoms with van der Waals surface area (Å²) in [7, 11) is 0. The molecule has 0 aromatic heterocycles. The summed E-state index contributed by atoms with van der Waals surface area (Å²) in [6.07, 6.45) is 0. The molecule has 11 heavy (non-hydrogen) atoms. The molecule has 0 unspecified atom stereocenters. The molecule has 0 bridgehead atoms. The van der Waals surface area contributed by atoms with Gasteiger partial charge >= 0.3 is 69.5 Å². The van der Waals surface area contributed by atoms with Gasteiger partial charge in [0.1, 0.15) is 0 Å². The second-order valence-corrected chi connectivity index (χ2v) is 13.9. The molecule has 2 nitrogen and oxygen atoms in total. The average Bonchev–Trinajstić information content (AvgIpc) is 1.14. The molecule has 2 N–H and O–H groups in total. The van der Waals surface area contributed by atoms with Crippen molar-refractivity contribution in [3.8, 4) is 0 Å². The fourth-order valence-corrected chi connectivity index (χ4v) is 7.55. The summed E-state index contributed by atoms with van der Waals surface area (Å²) in [6, 6.07) is 0. The molecule has 0 saturated heterocycles. The molecule has 0 amide bonds. The summed E-state index contributed by atoms with van der Waals surface area (Å²) in [5.74, 6) is 0. The van der Waals surface area contributed by atoms with Crippen molar-refractivity contribution in [2.75, 3.05) is 0 Å². The first-order valence-electron chi connectivity index (χ1n) is 3.50. The van der Waals surface area contributed by atoms with E-state index < -0.39 is 0 Å². The Morgan fingerprint density at radius 3 is 0.818 bits per heavy atom. The first-order valence-corrected chi connectivity index (χ1v) is 6.35. The molecule has 0 aromatic rings. The number of hydrogen-bond donors (Lipinski definition) is 0. The predicted molar refractivity (Wildman–Crippen MR) is 49.1 cm³/mol. The Balaban J connectivity index is -0.000000320. The van der Waals surface area contributed by atoms with Crippen molar-refractivity contribution in [1.82, 2.24) is 0 Å². The third kappa shape index (κ3) is 18.0. The maximum Gasteiger partial charge on any atom is -0.870 e. The molecule has 0 atom stereocenters. The Morgan fingerprint density at radius 2 is 0.818 bits per heavy atom. The van der Waals surface area contributed by atoms with E-state index in [0.29, 0.717) is 6.86 Å². The summed E-state index contributed by atoms with van der Waals surface area (Å²) >= 11 is -0.182. The van der Waals surface area contributed by atoms with E-state index in [9.17, 15) is 0 Å². The smallest absolute Gasteiger partial charge is 0.870 e. The molecule has 0 aromatic carbocycles. The Labute approximate surface area is 80.6 Å². The summed E-state index contributed by atoms with van der Waals surface area (Å²) in [5.41, 5.74) is 0. The predicted octanol–water partition coefficient (Wildman–Crippen LogP) is 2.77. The standard InChI is InChI=1S/2C4H9.2H2O.Sn/c2*1-4(2)3;;;/h2*1-3H3;2*1H2;/q;;;;+2/p-2. The quantitative estimate of drug-likeness (QED) is 0.633. The molecule has 0 fully saturated rings. The Kier molecular flexibility index (Phi) is 8.66. The van der Waals surface area contributed by atoms with Crippen LogP contribution >= 0.6 is 0 Å². The normalized spacial score (nSPS) is 10.7. The fraction of sp³-hybridized carbons (Fsp3) is 1.00. The summed E-state index contributed by atoms with van der Waals surface area (Å²) in [6.45, 7) is 14.2. The first-order chi connectivity index (χ1) is 3.71. The zero-order valence-electron chi connectivity index (χ0n) is 8.39. The van der Waals surface area contributed by atoms with Gasteiger partial charge in [-0.15, -0.1) is 0 Å². The Morgan fingerprint density at radius 1 is 0.636 bits per heavy atom. The SMILES string of the molecule is C[C](C)(C)[Sn+2][C](C)(C)C.[OH-].[OH-]. The van der Waals surface area contributed by atoms with E-state index in [-0.39, 0.29) is 32.1 Å². The van der Waals surface area contributed by atoms with Crippen LogP contribution in [-0.4, -0.2) is 32.1 Å². The molecule has 0 saturated carbocycles. The van der Waals surface area contributed by atoms with Crippen LogP contribution in [0.1, 0.15) is 41.5 Å². The van der Waals surface area contributed by atoms with Crippen LogP contribution in [-0.2, 0) is 0 Å². The maximum absolute atomic E-state index is 2.37. The summed E-state index contributed by atoms with van der Waals surface area (Å²) in [4.78, 5) is 0. The maximum atomic E-state index is 2.37. The first kappa shape index (κ1) is 17.7. The molecule has 0 radical (unpaired) electrons. The minimum absolute atomic E-state index is 0. The molecule has 68 valence electrons. The van der Waals surface area contributed by atoms with Crippen LogP contribution in [0.4, 0.5) is 0 Å². The van der Waals surface area contributed by atoms with E-state index in [1.54, 1.807) is 0 Å². The van der Waals surface area contributed by atoms with Crippen molar-refractivity contribution in [3.05, 3.63) is 0 Å². The molecule has 0 aliphatic heterocycles. The third-order valence-electron chi connectivity index (χ3n) is 0.750. The number of rotatable bonds is 0. The van der Waals surface area contributed by atoms with Crippen molar-refractivity contribution in [3.63, 3.8) is 0 Å². The molecule has 0 aliphatic carbocycles. The molecule has 3 heteroatoms. The van der Waals surface area contributed by atoms with Gasteiger partial charge in [-0.25, -0.2) is 0 Å². The van der Waals surface area contributed by atoms with Gasteiger partial charge in [0.25, 0.3) is 0 Å². The minimum Gasteiger partial charge on any atom is -0.870 e. The van der Waals surface area contributed by atoms with Gasteiger partial charge in [-0.1, -0.05) is 0 Å². The van der Waals surface area contributed by atoms with Crippen molar-refractivity contribution < 1.29 is 11.0 Å². The fourth-order valence-electron chi connectivity index (χ4n) is 1.12. The largest absolute Gasteiger partial charge is 0.870 e. The van der Waals surface area contributed by atoms with Gasteiger partial charge in [0.15, 0.2) is 0 Å². The van der Waals surface area contributed by atoms with Crippen molar-refractivity contribution in [2.45, 2.75) is 48.4 Å². The third-order valence-corrected chi connectivity index (χ3v) is 5.03. The Hall–Kier alpha value is 0.719. The van der Waals surface area contributed by atoms with Crippen LogP contribution in [0.15, 0.2) is 0 Å². The van der Waals surface area contributed by atoms with Crippen LogP contribution < -0.4 is 0 Å². The van der Waals surface area contributed by atoms with E-state index in [1.807, 2.05) is 0 Å². The Bertz CT molecular complexity index is 77.2. The summed E-state index contributed by atoms with van der Waals surface area (Å²) in [5, 5.41) is 0. The van der Waals surface area contributed by atoms with E-state index in [1.165, 1.54) is 0 Å². The molecule has 0 heterocycles. The number of hydrogen-bond acceptors (Lipinski definition) is 2. The minimum atomic E-state index is -0.182. The van der Waals surface area contributed by atoms with Gasteiger partial charge in [-0.3, -0.25) is 0 Å². The van der Waals surface area contributed by atoms with Crippen LogP contribution in [0.2, 0.25) is 6.86 Å². The van der Waals surface area contributed by atoms with Gasteiger partial charge in [0.2, 0.25) is 0 Å². The van der Waals surface area contributed by atoms with Crippen LogP contribution in [0.3, 0.4) is 0 Å². The molecule has 0 spiro atoms. The van der Waals surface area contributed by atoms with E-state index in [2.05, 4.69) is 41.5 Å². The van der Waals surface area contributed by atoms with E-state index in [4.69, 9.17) is 0 Å². The molecular formula is C8H20O2Sn.